The van der Waals surface area contributed by atoms with E-state index >= 15 is 0 Å². The van der Waals surface area contributed by atoms with Gasteiger partial charge in [-0.3, -0.25) is 0 Å². The van der Waals surface area contributed by atoms with E-state index in [1.165, 1.54) is 0 Å². The molecule has 0 amide bonds. The van der Waals surface area contributed by atoms with E-state index in [0.29, 0.717) is 19.0 Å². The molecule has 0 saturated carbocycles. The first-order valence-corrected chi connectivity index (χ1v) is 7.97. The Morgan fingerprint density at radius 1 is 1.44 bits per heavy atom. The number of hydrogen-bond donors (Lipinski definition) is 2. The molecule has 0 bridgehead atoms. The summed E-state index contributed by atoms with van der Waals surface area (Å²) in [6, 6.07) is 8.26. The second-order valence-corrected chi connectivity index (χ2v) is 6.78. The molecule has 1 aromatic carbocycles. The van der Waals surface area contributed by atoms with Crippen molar-refractivity contribution in [1.29, 1.82) is 0 Å². The first-order chi connectivity index (χ1) is 8.55. The SMILES string of the molecule is Cc1cccc(CNS(=O)(=O)CCC2CCN2)c1. The molecule has 1 aliphatic heterocycles. The Morgan fingerprint density at radius 3 is 2.83 bits per heavy atom. The van der Waals surface area contributed by atoms with Crippen molar-refractivity contribution >= 4 is 10.0 Å². The van der Waals surface area contributed by atoms with Crippen LogP contribution >= 0.6 is 0 Å². The lowest BCUT2D eigenvalue weighted by molar-refractivity contribution is 0.361. The molecule has 0 spiro atoms. The predicted molar refractivity (Wildman–Crippen MR) is 72.8 cm³/mol. The summed E-state index contributed by atoms with van der Waals surface area (Å²) in [5.41, 5.74) is 2.14. The molecule has 100 valence electrons. The first kappa shape index (κ1) is 13.5. The van der Waals surface area contributed by atoms with Crippen LogP contribution in [-0.2, 0) is 16.6 Å². The standard InChI is InChI=1S/C13H20N2O2S/c1-11-3-2-4-12(9-11)10-15-18(16,17)8-6-13-5-7-14-13/h2-4,9,13-15H,5-8,10H2,1H3. The van der Waals surface area contributed by atoms with Crippen molar-refractivity contribution in [2.45, 2.75) is 32.4 Å². The zero-order chi connectivity index (χ0) is 13.0. The van der Waals surface area contributed by atoms with Crippen molar-refractivity contribution in [3.05, 3.63) is 35.4 Å². The van der Waals surface area contributed by atoms with E-state index in [4.69, 9.17) is 0 Å². The van der Waals surface area contributed by atoms with E-state index in [-0.39, 0.29) is 5.75 Å². The molecule has 0 aromatic heterocycles. The monoisotopic (exact) mass is 268 g/mol. The summed E-state index contributed by atoms with van der Waals surface area (Å²) < 4.78 is 26.2. The van der Waals surface area contributed by atoms with E-state index in [2.05, 4.69) is 10.0 Å². The molecule has 1 saturated heterocycles. The Kier molecular flexibility index (Phi) is 4.37. The average Bonchev–Trinajstić information content (AvgIpc) is 2.24. The Balaban J connectivity index is 1.80. The fourth-order valence-electron chi connectivity index (χ4n) is 1.98. The van der Waals surface area contributed by atoms with Crippen LogP contribution in [0.5, 0.6) is 0 Å². The quantitative estimate of drug-likeness (QED) is 0.814. The Morgan fingerprint density at radius 2 is 2.22 bits per heavy atom. The molecule has 0 aliphatic carbocycles. The molecular formula is C13H20N2O2S. The van der Waals surface area contributed by atoms with Crippen molar-refractivity contribution < 1.29 is 8.42 Å². The molecule has 1 unspecified atom stereocenters. The molecule has 2 N–H and O–H groups in total. The third kappa shape index (κ3) is 4.08. The molecule has 1 aliphatic rings. The summed E-state index contributed by atoms with van der Waals surface area (Å²) in [5.74, 6) is 0.205. The Bertz CT molecular complexity index is 495. The molecule has 4 nitrogen and oxygen atoms in total. The van der Waals surface area contributed by atoms with Crippen LogP contribution in [0.2, 0.25) is 0 Å². The molecule has 18 heavy (non-hydrogen) atoms. The van der Waals surface area contributed by atoms with Gasteiger partial charge in [0.1, 0.15) is 0 Å². The zero-order valence-electron chi connectivity index (χ0n) is 10.6. The summed E-state index contributed by atoms with van der Waals surface area (Å²) in [6.07, 6.45) is 1.79. The first-order valence-electron chi connectivity index (χ1n) is 6.31. The van der Waals surface area contributed by atoms with Crippen LogP contribution in [0.4, 0.5) is 0 Å². The summed E-state index contributed by atoms with van der Waals surface area (Å²) >= 11 is 0. The number of rotatable bonds is 6. The molecule has 1 heterocycles. The van der Waals surface area contributed by atoms with Crippen molar-refractivity contribution in [2.75, 3.05) is 12.3 Å². The molecule has 2 rings (SSSR count). The van der Waals surface area contributed by atoms with Crippen molar-refractivity contribution in [2.24, 2.45) is 0 Å². The van der Waals surface area contributed by atoms with Gasteiger partial charge in [-0.1, -0.05) is 29.8 Å². The lowest BCUT2D eigenvalue weighted by Crippen LogP contribution is -2.44. The Labute approximate surface area is 109 Å². The lowest BCUT2D eigenvalue weighted by Gasteiger charge is -2.27. The second kappa shape index (κ2) is 5.82. The third-order valence-corrected chi connectivity index (χ3v) is 4.60. The van der Waals surface area contributed by atoms with Gasteiger partial charge >= 0.3 is 0 Å². The summed E-state index contributed by atoms with van der Waals surface area (Å²) in [4.78, 5) is 0. The van der Waals surface area contributed by atoms with Crippen molar-refractivity contribution in [3.8, 4) is 0 Å². The third-order valence-electron chi connectivity index (χ3n) is 3.24. The van der Waals surface area contributed by atoms with E-state index < -0.39 is 10.0 Å². The lowest BCUT2D eigenvalue weighted by atomic mass is 10.1. The van der Waals surface area contributed by atoms with Crippen LogP contribution in [-0.4, -0.2) is 26.8 Å². The van der Waals surface area contributed by atoms with Gasteiger partial charge in [0.05, 0.1) is 5.75 Å². The summed E-state index contributed by atoms with van der Waals surface area (Å²) in [6.45, 7) is 3.39. The van der Waals surface area contributed by atoms with Gasteiger partial charge in [0.15, 0.2) is 0 Å². The maximum atomic E-state index is 11.8. The van der Waals surface area contributed by atoms with Crippen molar-refractivity contribution in [3.63, 3.8) is 0 Å². The second-order valence-electron chi connectivity index (χ2n) is 4.86. The highest BCUT2D eigenvalue weighted by molar-refractivity contribution is 7.89. The number of aryl methyl sites for hydroxylation is 1. The normalized spacial score (nSPS) is 19.5. The van der Waals surface area contributed by atoms with Gasteiger partial charge in [0.2, 0.25) is 10.0 Å². The summed E-state index contributed by atoms with van der Waals surface area (Å²) in [5, 5.41) is 3.21. The number of hydrogen-bond acceptors (Lipinski definition) is 3. The molecule has 5 heteroatoms. The largest absolute Gasteiger partial charge is 0.314 e. The number of benzene rings is 1. The average molecular weight is 268 g/mol. The van der Waals surface area contributed by atoms with Crippen LogP contribution in [0.3, 0.4) is 0 Å². The van der Waals surface area contributed by atoms with Crippen LogP contribution in [0.1, 0.15) is 24.0 Å². The van der Waals surface area contributed by atoms with E-state index in [9.17, 15) is 8.42 Å². The van der Waals surface area contributed by atoms with Gasteiger partial charge in [-0.15, -0.1) is 0 Å². The van der Waals surface area contributed by atoms with E-state index in [1.54, 1.807) is 0 Å². The van der Waals surface area contributed by atoms with Gasteiger partial charge in [0, 0.05) is 12.6 Å². The highest BCUT2D eigenvalue weighted by atomic mass is 32.2. The van der Waals surface area contributed by atoms with Crippen LogP contribution in [0.15, 0.2) is 24.3 Å². The topological polar surface area (TPSA) is 58.2 Å². The highest BCUT2D eigenvalue weighted by Crippen LogP contribution is 2.08. The minimum atomic E-state index is -3.15. The number of nitrogens with one attached hydrogen (secondary N) is 2. The Hall–Kier alpha value is -0.910. The minimum absolute atomic E-state index is 0.205. The number of sulfonamides is 1. The van der Waals surface area contributed by atoms with E-state index in [0.717, 1.165) is 24.1 Å². The van der Waals surface area contributed by atoms with E-state index in [1.807, 2.05) is 31.2 Å². The van der Waals surface area contributed by atoms with Crippen molar-refractivity contribution in [1.82, 2.24) is 10.0 Å². The van der Waals surface area contributed by atoms with Gasteiger partial charge < -0.3 is 5.32 Å². The molecular weight excluding hydrogens is 248 g/mol. The molecule has 0 radical (unpaired) electrons. The zero-order valence-corrected chi connectivity index (χ0v) is 11.5. The summed E-state index contributed by atoms with van der Waals surface area (Å²) in [7, 11) is -3.15. The van der Waals surface area contributed by atoms with Crippen LogP contribution in [0, 0.1) is 6.92 Å². The van der Waals surface area contributed by atoms with Gasteiger partial charge in [-0.2, -0.15) is 0 Å². The van der Waals surface area contributed by atoms with Crippen LogP contribution < -0.4 is 10.0 Å². The maximum Gasteiger partial charge on any atom is 0.211 e. The van der Waals surface area contributed by atoms with Gasteiger partial charge in [0.25, 0.3) is 0 Å². The van der Waals surface area contributed by atoms with Crippen LogP contribution in [0.25, 0.3) is 0 Å². The van der Waals surface area contributed by atoms with Gasteiger partial charge in [-0.05, 0) is 31.9 Å². The minimum Gasteiger partial charge on any atom is -0.314 e. The fourth-order valence-corrected chi connectivity index (χ4v) is 3.11. The maximum absolute atomic E-state index is 11.8. The highest BCUT2D eigenvalue weighted by Gasteiger charge is 2.19. The molecule has 1 fully saturated rings. The smallest absolute Gasteiger partial charge is 0.211 e. The molecule has 1 aromatic rings. The van der Waals surface area contributed by atoms with Gasteiger partial charge in [-0.25, -0.2) is 13.1 Å². The fraction of sp³-hybridized carbons (Fsp3) is 0.538. The predicted octanol–water partition coefficient (Wildman–Crippen LogP) is 1.17. The molecule has 1 atom stereocenters.